The van der Waals surface area contributed by atoms with Crippen LogP contribution in [0.5, 0.6) is 0 Å². The molecule has 94 valence electrons. The van der Waals surface area contributed by atoms with Crippen LogP contribution in [-0.2, 0) is 11.2 Å². The van der Waals surface area contributed by atoms with Crippen LogP contribution in [0.25, 0.3) is 0 Å². The lowest BCUT2D eigenvalue weighted by atomic mass is 10.0. The van der Waals surface area contributed by atoms with Crippen molar-refractivity contribution in [3.05, 3.63) is 35.4 Å². The number of carbonyl (C=O) groups excluding carboxylic acids is 1. The summed E-state index contributed by atoms with van der Waals surface area (Å²) in [6.07, 6.45) is 3.61. The van der Waals surface area contributed by atoms with Gasteiger partial charge in [-0.15, -0.1) is 0 Å². The van der Waals surface area contributed by atoms with Gasteiger partial charge in [0, 0.05) is 25.2 Å². The number of rotatable bonds is 8. The van der Waals surface area contributed by atoms with Crippen LogP contribution in [-0.4, -0.2) is 19.0 Å². The summed E-state index contributed by atoms with van der Waals surface area (Å²) in [6, 6.07) is 7.99. The van der Waals surface area contributed by atoms with Crippen LogP contribution in [0, 0.1) is 0 Å². The van der Waals surface area contributed by atoms with E-state index >= 15 is 0 Å². The number of carbonyl (C=O) groups is 1. The van der Waals surface area contributed by atoms with Gasteiger partial charge in [0.15, 0.2) is 5.78 Å². The lowest BCUT2D eigenvalue weighted by molar-refractivity contribution is 0.0947. The van der Waals surface area contributed by atoms with Crippen LogP contribution < -0.4 is 0 Å². The summed E-state index contributed by atoms with van der Waals surface area (Å²) < 4.78 is 5.22. The maximum atomic E-state index is 11.8. The molecule has 0 aliphatic rings. The SMILES string of the molecule is CCCc1ccc(C(=O)CCCOCC)cc1. The molecule has 0 atom stereocenters. The van der Waals surface area contributed by atoms with Gasteiger partial charge in [-0.05, 0) is 25.3 Å². The van der Waals surface area contributed by atoms with Gasteiger partial charge in [-0.1, -0.05) is 37.6 Å². The van der Waals surface area contributed by atoms with Gasteiger partial charge in [-0.25, -0.2) is 0 Å². The molecule has 0 amide bonds. The van der Waals surface area contributed by atoms with Gasteiger partial charge in [0.25, 0.3) is 0 Å². The summed E-state index contributed by atoms with van der Waals surface area (Å²) in [5, 5.41) is 0. The molecule has 0 spiro atoms. The van der Waals surface area contributed by atoms with Crippen LogP contribution in [0.4, 0.5) is 0 Å². The van der Waals surface area contributed by atoms with Crippen LogP contribution in [0.3, 0.4) is 0 Å². The fourth-order valence-electron chi connectivity index (χ4n) is 1.77. The normalized spacial score (nSPS) is 10.5. The van der Waals surface area contributed by atoms with Crippen LogP contribution in [0.2, 0.25) is 0 Å². The third-order valence-corrected chi connectivity index (χ3v) is 2.71. The largest absolute Gasteiger partial charge is 0.382 e. The molecule has 0 bridgehead atoms. The monoisotopic (exact) mass is 234 g/mol. The molecule has 2 nitrogen and oxygen atoms in total. The molecule has 0 aliphatic heterocycles. The Labute approximate surface area is 104 Å². The van der Waals surface area contributed by atoms with Gasteiger partial charge >= 0.3 is 0 Å². The second-order valence-electron chi connectivity index (χ2n) is 4.17. The fraction of sp³-hybridized carbons (Fsp3) is 0.533. The number of Topliss-reactive ketones (excluding diaryl/α,β-unsaturated/α-hetero) is 1. The Kier molecular flexibility index (Phi) is 6.56. The minimum atomic E-state index is 0.216. The van der Waals surface area contributed by atoms with Crippen LogP contribution in [0.1, 0.15) is 49.0 Å². The maximum Gasteiger partial charge on any atom is 0.162 e. The Bertz CT molecular complexity index is 327. The molecule has 0 radical (unpaired) electrons. The van der Waals surface area contributed by atoms with Gasteiger partial charge in [0.05, 0.1) is 0 Å². The average Bonchev–Trinajstić information content (AvgIpc) is 2.36. The van der Waals surface area contributed by atoms with E-state index in [2.05, 4.69) is 19.1 Å². The van der Waals surface area contributed by atoms with Crippen LogP contribution >= 0.6 is 0 Å². The fourth-order valence-corrected chi connectivity index (χ4v) is 1.77. The number of benzene rings is 1. The number of aryl methyl sites for hydroxylation is 1. The Morgan fingerprint density at radius 2 is 1.88 bits per heavy atom. The third kappa shape index (κ3) is 5.14. The highest BCUT2D eigenvalue weighted by Gasteiger charge is 2.05. The number of hydrogen-bond donors (Lipinski definition) is 0. The predicted molar refractivity (Wildman–Crippen MR) is 70.5 cm³/mol. The molecular formula is C15H22O2. The molecule has 17 heavy (non-hydrogen) atoms. The Morgan fingerprint density at radius 3 is 2.47 bits per heavy atom. The van der Waals surface area contributed by atoms with Crippen molar-refractivity contribution in [1.29, 1.82) is 0 Å². The standard InChI is InChI=1S/C15H22O2/c1-3-6-13-8-10-14(11-9-13)15(16)7-5-12-17-4-2/h8-11H,3-7,12H2,1-2H3. The maximum absolute atomic E-state index is 11.8. The number of hydrogen-bond acceptors (Lipinski definition) is 2. The van der Waals surface area contributed by atoms with E-state index in [9.17, 15) is 4.79 Å². The minimum absolute atomic E-state index is 0.216. The lowest BCUT2D eigenvalue weighted by Crippen LogP contribution is -2.02. The predicted octanol–water partition coefficient (Wildman–Crippen LogP) is 3.64. The summed E-state index contributed by atoms with van der Waals surface area (Å²) in [7, 11) is 0. The van der Waals surface area contributed by atoms with Crippen molar-refractivity contribution >= 4 is 5.78 Å². The highest BCUT2D eigenvalue weighted by molar-refractivity contribution is 5.96. The summed E-state index contributed by atoms with van der Waals surface area (Å²) >= 11 is 0. The van der Waals surface area contributed by atoms with Gasteiger partial charge in [-0.2, -0.15) is 0 Å². The molecular weight excluding hydrogens is 212 g/mol. The van der Waals surface area contributed by atoms with Crippen molar-refractivity contribution in [3.63, 3.8) is 0 Å². The zero-order chi connectivity index (χ0) is 12.5. The molecule has 0 saturated heterocycles. The number of ketones is 1. The van der Waals surface area contributed by atoms with Crippen molar-refractivity contribution in [2.75, 3.05) is 13.2 Å². The van der Waals surface area contributed by atoms with E-state index in [-0.39, 0.29) is 5.78 Å². The molecule has 0 aromatic heterocycles. The first kappa shape index (κ1) is 13.9. The molecule has 2 heteroatoms. The van der Waals surface area contributed by atoms with E-state index in [0.29, 0.717) is 13.0 Å². The molecule has 0 aliphatic carbocycles. The van der Waals surface area contributed by atoms with E-state index in [1.54, 1.807) is 0 Å². The molecule has 1 aromatic carbocycles. The molecule has 1 rings (SSSR count). The van der Waals surface area contributed by atoms with Crippen molar-refractivity contribution in [1.82, 2.24) is 0 Å². The van der Waals surface area contributed by atoms with E-state index < -0.39 is 0 Å². The van der Waals surface area contributed by atoms with Crippen molar-refractivity contribution in [2.24, 2.45) is 0 Å². The molecule has 0 saturated carbocycles. The Morgan fingerprint density at radius 1 is 1.18 bits per heavy atom. The minimum Gasteiger partial charge on any atom is -0.382 e. The first-order chi connectivity index (χ1) is 8.27. The Balaban J connectivity index is 2.40. The summed E-state index contributed by atoms with van der Waals surface area (Å²) in [5.74, 6) is 0.216. The summed E-state index contributed by atoms with van der Waals surface area (Å²) in [4.78, 5) is 11.8. The van der Waals surface area contributed by atoms with Crippen molar-refractivity contribution in [3.8, 4) is 0 Å². The topological polar surface area (TPSA) is 26.3 Å². The van der Waals surface area contributed by atoms with E-state index in [0.717, 1.165) is 31.4 Å². The van der Waals surface area contributed by atoms with Gasteiger partial charge in [0.1, 0.15) is 0 Å². The third-order valence-electron chi connectivity index (χ3n) is 2.71. The van der Waals surface area contributed by atoms with E-state index in [4.69, 9.17) is 4.74 Å². The molecule has 0 heterocycles. The first-order valence-electron chi connectivity index (χ1n) is 6.47. The quantitative estimate of drug-likeness (QED) is 0.507. The zero-order valence-corrected chi connectivity index (χ0v) is 10.9. The molecule has 0 unspecified atom stereocenters. The summed E-state index contributed by atoms with van der Waals surface area (Å²) in [6.45, 7) is 5.52. The van der Waals surface area contributed by atoms with E-state index in [1.807, 2.05) is 19.1 Å². The highest BCUT2D eigenvalue weighted by Crippen LogP contribution is 2.09. The molecule has 0 fully saturated rings. The first-order valence-corrected chi connectivity index (χ1v) is 6.47. The van der Waals surface area contributed by atoms with Gasteiger partial charge in [0.2, 0.25) is 0 Å². The zero-order valence-electron chi connectivity index (χ0n) is 10.9. The highest BCUT2D eigenvalue weighted by atomic mass is 16.5. The second kappa shape index (κ2) is 8.02. The Hall–Kier alpha value is -1.15. The molecule has 0 N–H and O–H groups in total. The van der Waals surface area contributed by atoms with Crippen molar-refractivity contribution in [2.45, 2.75) is 39.5 Å². The lowest BCUT2D eigenvalue weighted by Gasteiger charge is -2.03. The summed E-state index contributed by atoms with van der Waals surface area (Å²) in [5.41, 5.74) is 2.12. The smallest absolute Gasteiger partial charge is 0.162 e. The second-order valence-corrected chi connectivity index (χ2v) is 4.17. The van der Waals surface area contributed by atoms with E-state index in [1.165, 1.54) is 5.56 Å². The van der Waals surface area contributed by atoms with Gasteiger partial charge in [-0.3, -0.25) is 4.79 Å². The van der Waals surface area contributed by atoms with Crippen LogP contribution in [0.15, 0.2) is 24.3 Å². The average molecular weight is 234 g/mol. The van der Waals surface area contributed by atoms with Gasteiger partial charge < -0.3 is 4.74 Å². The van der Waals surface area contributed by atoms with Crippen molar-refractivity contribution < 1.29 is 9.53 Å². The molecule has 1 aromatic rings. The number of ether oxygens (including phenoxy) is 1.